The molecule has 0 unspecified atom stereocenters. The lowest BCUT2D eigenvalue weighted by Gasteiger charge is -2.25. The van der Waals surface area contributed by atoms with Crippen molar-refractivity contribution in [2.24, 2.45) is 5.41 Å². The van der Waals surface area contributed by atoms with Crippen molar-refractivity contribution in [1.82, 2.24) is 0 Å². The highest BCUT2D eigenvalue weighted by atomic mass is 14.2. The molecule has 0 atom stereocenters. The molecule has 0 amide bonds. The van der Waals surface area contributed by atoms with Gasteiger partial charge in [0.25, 0.3) is 0 Å². The van der Waals surface area contributed by atoms with Crippen molar-refractivity contribution in [3.63, 3.8) is 0 Å². The summed E-state index contributed by atoms with van der Waals surface area (Å²) in [6, 6.07) is 0. The second-order valence-electron chi connectivity index (χ2n) is 4.24. The lowest BCUT2D eigenvalue weighted by atomic mass is 9.80. The summed E-state index contributed by atoms with van der Waals surface area (Å²) in [6.07, 6.45) is 8.86. The fraction of sp³-hybridized carbons (Fsp3) is 0.500. The maximum absolute atomic E-state index is 3.76. The molecule has 0 aromatic rings. The number of hydrogen-bond acceptors (Lipinski definition) is 0. The summed E-state index contributed by atoms with van der Waals surface area (Å²) >= 11 is 0. The standard InChI is InChI=1S/C12H18/c1-5-6-11-7-8-12(3,4)9-10(11)2/h5,7,9H,1,6,8H2,2-4H3. The second-order valence-corrected chi connectivity index (χ2v) is 4.24. The first-order chi connectivity index (χ1) is 5.55. The topological polar surface area (TPSA) is 0 Å². The predicted octanol–water partition coefficient (Wildman–Crippen LogP) is 3.87. The summed E-state index contributed by atoms with van der Waals surface area (Å²) in [6.45, 7) is 10.5. The molecule has 0 nitrogen and oxygen atoms in total. The molecule has 0 heterocycles. The summed E-state index contributed by atoms with van der Waals surface area (Å²) in [5.41, 5.74) is 3.23. The van der Waals surface area contributed by atoms with Crippen LogP contribution in [-0.2, 0) is 0 Å². The average Bonchev–Trinajstić information content (AvgIpc) is 1.94. The highest BCUT2D eigenvalue weighted by molar-refractivity contribution is 5.35. The van der Waals surface area contributed by atoms with Gasteiger partial charge < -0.3 is 0 Å². The maximum atomic E-state index is 3.76. The van der Waals surface area contributed by atoms with Crippen LogP contribution in [0.5, 0.6) is 0 Å². The average molecular weight is 162 g/mol. The molecule has 0 aromatic carbocycles. The van der Waals surface area contributed by atoms with Crippen LogP contribution >= 0.6 is 0 Å². The molecular formula is C12H18. The van der Waals surface area contributed by atoms with Crippen LogP contribution in [0.25, 0.3) is 0 Å². The third kappa shape index (κ3) is 2.10. The van der Waals surface area contributed by atoms with E-state index >= 15 is 0 Å². The van der Waals surface area contributed by atoms with Crippen molar-refractivity contribution in [2.75, 3.05) is 0 Å². The number of hydrogen-bond donors (Lipinski definition) is 0. The lowest BCUT2D eigenvalue weighted by Crippen LogP contribution is -2.11. The molecule has 0 aliphatic heterocycles. The molecule has 1 aliphatic carbocycles. The first-order valence-corrected chi connectivity index (χ1v) is 4.55. The van der Waals surface area contributed by atoms with Crippen molar-refractivity contribution in [3.05, 3.63) is 36.0 Å². The summed E-state index contributed by atoms with van der Waals surface area (Å²) < 4.78 is 0. The van der Waals surface area contributed by atoms with Gasteiger partial charge in [-0.2, -0.15) is 0 Å². The van der Waals surface area contributed by atoms with Crippen LogP contribution in [0.1, 0.15) is 33.6 Å². The first kappa shape index (κ1) is 9.31. The predicted molar refractivity (Wildman–Crippen MR) is 55.1 cm³/mol. The molecule has 0 saturated heterocycles. The second kappa shape index (κ2) is 3.30. The van der Waals surface area contributed by atoms with Gasteiger partial charge in [0.15, 0.2) is 0 Å². The molecule has 0 saturated carbocycles. The molecule has 0 N–H and O–H groups in total. The van der Waals surface area contributed by atoms with Gasteiger partial charge in [0, 0.05) is 0 Å². The minimum absolute atomic E-state index is 0.356. The van der Waals surface area contributed by atoms with Crippen LogP contribution < -0.4 is 0 Å². The Labute approximate surface area is 75.7 Å². The van der Waals surface area contributed by atoms with E-state index < -0.39 is 0 Å². The Morgan fingerprint density at radius 3 is 2.75 bits per heavy atom. The fourth-order valence-corrected chi connectivity index (χ4v) is 1.68. The smallest absolute Gasteiger partial charge is 0.0101 e. The normalized spacial score (nSPS) is 21.2. The van der Waals surface area contributed by atoms with E-state index in [2.05, 4.69) is 39.5 Å². The van der Waals surface area contributed by atoms with E-state index in [4.69, 9.17) is 0 Å². The van der Waals surface area contributed by atoms with E-state index in [1.54, 1.807) is 0 Å². The van der Waals surface area contributed by atoms with Crippen LogP contribution in [-0.4, -0.2) is 0 Å². The largest absolute Gasteiger partial charge is 0.103 e. The quantitative estimate of drug-likeness (QED) is 0.541. The first-order valence-electron chi connectivity index (χ1n) is 4.55. The van der Waals surface area contributed by atoms with Gasteiger partial charge in [0.05, 0.1) is 0 Å². The molecule has 1 rings (SSSR count). The van der Waals surface area contributed by atoms with E-state index in [0.717, 1.165) is 12.8 Å². The Hall–Kier alpha value is -0.780. The third-order valence-electron chi connectivity index (χ3n) is 2.35. The molecule has 0 spiro atoms. The van der Waals surface area contributed by atoms with Gasteiger partial charge >= 0.3 is 0 Å². The molecule has 0 aromatic heterocycles. The molecule has 0 bridgehead atoms. The molecule has 0 heteroatoms. The molecule has 0 radical (unpaired) electrons. The minimum atomic E-state index is 0.356. The van der Waals surface area contributed by atoms with Crippen molar-refractivity contribution in [1.29, 1.82) is 0 Å². The summed E-state index contributed by atoms with van der Waals surface area (Å²) in [5, 5.41) is 0. The van der Waals surface area contributed by atoms with Gasteiger partial charge in [-0.15, -0.1) is 6.58 Å². The van der Waals surface area contributed by atoms with Crippen molar-refractivity contribution in [3.8, 4) is 0 Å². The van der Waals surface area contributed by atoms with Crippen molar-refractivity contribution >= 4 is 0 Å². The highest BCUT2D eigenvalue weighted by Gasteiger charge is 2.18. The monoisotopic (exact) mass is 162 g/mol. The SMILES string of the molecule is C=CCC1=CCC(C)(C)C=C1C. The van der Waals surface area contributed by atoms with Gasteiger partial charge in [-0.25, -0.2) is 0 Å². The lowest BCUT2D eigenvalue weighted by molar-refractivity contribution is 0.477. The molecule has 12 heavy (non-hydrogen) atoms. The van der Waals surface area contributed by atoms with Gasteiger partial charge in [-0.3, -0.25) is 0 Å². The fourth-order valence-electron chi connectivity index (χ4n) is 1.68. The Bertz CT molecular complexity index is 239. The Morgan fingerprint density at radius 2 is 2.25 bits per heavy atom. The summed E-state index contributed by atoms with van der Waals surface area (Å²) in [5.74, 6) is 0. The Morgan fingerprint density at radius 1 is 1.58 bits per heavy atom. The zero-order valence-corrected chi connectivity index (χ0v) is 8.35. The van der Waals surface area contributed by atoms with Gasteiger partial charge in [-0.05, 0) is 30.8 Å². The van der Waals surface area contributed by atoms with Crippen LogP contribution in [0.15, 0.2) is 36.0 Å². The Kier molecular flexibility index (Phi) is 2.56. The highest BCUT2D eigenvalue weighted by Crippen LogP contribution is 2.33. The Balaban J connectivity index is 2.79. The van der Waals surface area contributed by atoms with Gasteiger partial charge in [0.2, 0.25) is 0 Å². The van der Waals surface area contributed by atoms with Crippen molar-refractivity contribution < 1.29 is 0 Å². The number of rotatable bonds is 2. The van der Waals surface area contributed by atoms with E-state index in [-0.39, 0.29) is 0 Å². The number of allylic oxidation sites excluding steroid dienone is 5. The van der Waals surface area contributed by atoms with E-state index in [9.17, 15) is 0 Å². The van der Waals surface area contributed by atoms with Crippen LogP contribution in [0, 0.1) is 5.41 Å². The third-order valence-corrected chi connectivity index (χ3v) is 2.35. The molecule has 0 fully saturated rings. The van der Waals surface area contributed by atoms with Crippen LogP contribution in [0.4, 0.5) is 0 Å². The summed E-state index contributed by atoms with van der Waals surface area (Å²) in [4.78, 5) is 0. The van der Waals surface area contributed by atoms with Crippen LogP contribution in [0.3, 0.4) is 0 Å². The van der Waals surface area contributed by atoms with E-state index in [0.29, 0.717) is 5.41 Å². The van der Waals surface area contributed by atoms with Gasteiger partial charge in [0.1, 0.15) is 0 Å². The zero-order valence-electron chi connectivity index (χ0n) is 8.35. The molecule has 66 valence electrons. The maximum Gasteiger partial charge on any atom is -0.0101 e. The molecular weight excluding hydrogens is 144 g/mol. The van der Waals surface area contributed by atoms with E-state index in [1.807, 2.05) is 6.08 Å². The molecule has 1 aliphatic rings. The minimum Gasteiger partial charge on any atom is -0.103 e. The zero-order chi connectivity index (χ0) is 9.19. The summed E-state index contributed by atoms with van der Waals surface area (Å²) in [7, 11) is 0. The van der Waals surface area contributed by atoms with Crippen LogP contribution in [0.2, 0.25) is 0 Å². The van der Waals surface area contributed by atoms with Crippen molar-refractivity contribution in [2.45, 2.75) is 33.6 Å². The van der Waals surface area contributed by atoms with Gasteiger partial charge in [-0.1, -0.05) is 37.6 Å². The van der Waals surface area contributed by atoms with E-state index in [1.165, 1.54) is 11.1 Å².